The monoisotopic (exact) mass is 364 g/mol. The maximum atomic E-state index is 13.8. The van der Waals surface area contributed by atoms with Gasteiger partial charge in [0.2, 0.25) is 5.82 Å². The van der Waals surface area contributed by atoms with E-state index in [1.165, 1.54) is 6.08 Å². The van der Waals surface area contributed by atoms with Gasteiger partial charge in [-0.25, -0.2) is 22.0 Å². The van der Waals surface area contributed by atoms with Crippen LogP contribution in [0.15, 0.2) is 12.7 Å². The summed E-state index contributed by atoms with van der Waals surface area (Å²) in [5.74, 6) is -9.61. The second-order valence-electron chi connectivity index (χ2n) is 4.45. The van der Waals surface area contributed by atoms with E-state index >= 15 is 0 Å². The minimum atomic E-state index is -2.15. The summed E-state index contributed by atoms with van der Waals surface area (Å²) in [5.41, 5.74) is -0.849. The molecular weight excluding hydrogens is 350 g/mol. The molecule has 1 saturated heterocycles. The lowest BCUT2D eigenvalue weighted by atomic mass is 10.0. The Bertz CT molecular complexity index is 507. The van der Waals surface area contributed by atoms with Crippen molar-refractivity contribution < 1.29 is 22.0 Å². The Hall–Kier alpha value is -0.890. The van der Waals surface area contributed by atoms with E-state index in [9.17, 15) is 22.0 Å². The highest BCUT2D eigenvalue weighted by atomic mass is 35.5. The molecule has 2 nitrogen and oxygen atoms in total. The van der Waals surface area contributed by atoms with Crippen LogP contribution in [0.5, 0.6) is 0 Å². The molecule has 0 saturated carbocycles. The first-order valence-electron chi connectivity index (χ1n) is 6.07. The lowest BCUT2D eigenvalue weighted by Gasteiger charge is -2.33. The SMILES string of the molecule is C=C[C@H](c1c(F)c(F)c(F)c(F)c1F)N1CCNCC1.Cl.Cl. The molecule has 1 atom stereocenters. The molecule has 1 aliphatic rings. The topological polar surface area (TPSA) is 15.3 Å². The summed E-state index contributed by atoms with van der Waals surface area (Å²) in [7, 11) is 0. The Kier molecular flexibility index (Phi) is 8.32. The van der Waals surface area contributed by atoms with Crippen molar-refractivity contribution >= 4 is 24.8 Å². The van der Waals surface area contributed by atoms with Crippen LogP contribution in [0.2, 0.25) is 0 Å². The second-order valence-corrected chi connectivity index (χ2v) is 4.45. The van der Waals surface area contributed by atoms with Crippen molar-refractivity contribution in [3.05, 3.63) is 47.3 Å². The maximum Gasteiger partial charge on any atom is 0.200 e. The molecule has 1 N–H and O–H groups in total. The Balaban J connectivity index is 0.00000220. The molecule has 2 rings (SSSR count). The Morgan fingerprint density at radius 1 is 0.864 bits per heavy atom. The molecule has 1 aromatic rings. The molecule has 0 spiro atoms. The van der Waals surface area contributed by atoms with Gasteiger partial charge in [0.1, 0.15) is 0 Å². The standard InChI is InChI=1S/C13H13F5N2.2ClH/c1-2-7(20-5-3-19-4-6-20)8-9(14)11(16)13(18)12(17)10(8)15;;/h2,7,19H,1,3-6H2;2*1H/t7-;;/m1../s1. The van der Waals surface area contributed by atoms with Gasteiger partial charge in [0.25, 0.3) is 0 Å². The summed E-state index contributed by atoms with van der Waals surface area (Å²) < 4.78 is 67.1. The van der Waals surface area contributed by atoms with E-state index in [-0.39, 0.29) is 24.8 Å². The van der Waals surface area contributed by atoms with Crippen LogP contribution < -0.4 is 5.32 Å². The largest absolute Gasteiger partial charge is 0.314 e. The van der Waals surface area contributed by atoms with Crippen molar-refractivity contribution in [1.82, 2.24) is 10.2 Å². The first-order chi connectivity index (χ1) is 9.49. The summed E-state index contributed by atoms with van der Waals surface area (Å²) in [6.45, 7) is 5.43. The molecule has 0 aromatic heterocycles. The summed E-state index contributed by atoms with van der Waals surface area (Å²) >= 11 is 0. The molecule has 22 heavy (non-hydrogen) atoms. The van der Waals surface area contributed by atoms with Gasteiger partial charge in [-0.05, 0) is 0 Å². The van der Waals surface area contributed by atoms with Gasteiger partial charge in [-0.2, -0.15) is 0 Å². The summed E-state index contributed by atoms with van der Waals surface area (Å²) in [6, 6.07) is -1.05. The third-order valence-electron chi connectivity index (χ3n) is 3.31. The zero-order valence-electron chi connectivity index (χ0n) is 11.3. The number of benzene rings is 1. The molecule has 1 fully saturated rings. The van der Waals surface area contributed by atoms with Gasteiger partial charge in [0.15, 0.2) is 23.3 Å². The van der Waals surface area contributed by atoms with Crippen molar-refractivity contribution in [2.24, 2.45) is 0 Å². The Morgan fingerprint density at radius 3 is 1.68 bits per heavy atom. The van der Waals surface area contributed by atoms with E-state index in [0.29, 0.717) is 26.2 Å². The molecule has 0 aliphatic carbocycles. The van der Waals surface area contributed by atoms with Crippen LogP contribution in [-0.4, -0.2) is 31.1 Å². The number of hydrogen-bond acceptors (Lipinski definition) is 2. The minimum absolute atomic E-state index is 0. The van der Waals surface area contributed by atoms with Crippen LogP contribution in [0.1, 0.15) is 11.6 Å². The predicted octanol–water partition coefficient (Wildman–Crippen LogP) is 3.36. The van der Waals surface area contributed by atoms with Gasteiger partial charge in [0.05, 0.1) is 11.6 Å². The normalized spacial score (nSPS) is 16.4. The van der Waals surface area contributed by atoms with E-state index in [4.69, 9.17) is 0 Å². The zero-order chi connectivity index (χ0) is 14.9. The maximum absolute atomic E-state index is 13.8. The fraction of sp³-hybridized carbons (Fsp3) is 0.385. The number of hydrogen-bond donors (Lipinski definition) is 1. The number of rotatable bonds is 3. The fourth-order valence-electron chi connectivity index (χ4n) is 2.29. The van der Waals surface area contributed by atoms with Gasteiger partial charge < -0.3 is 5.32 Å². The van der Waals surface area contributed by atoms with Crippen molar-refractivity contribution in [1.29, 1.82) is 0 Å². The molecule has 0 radical (unpaired) electrons. The molecule has 1 heterocycles. The van der Waals surface area contributed by atoms with Crippen LogP contribution in [-0.2, 0) is 0 Å². The second kappa shape index (κ2) is 8.67. The van der Waals surface area contributed by atoms with Crippen molar-refractivity contribution in [3.8, 4) is 0 Å². The van der Waals surface area contributed by atoms with E-state index in [1.807, 2.05) is 0 Å². The summed E-state index contributed by atoms with van der Waals surface area (Å²) in [5, 5.41) is 3.03. The molecule has 1 aliphatic heterocycles. The summed E-state index contributed by atoms with van der Waals surface area (Å²) in [6.07, 6.45) is 1.18. The molecule has 9 heteroatoms. The molecular formula is C13H15Cl2F5N2. The van der Waals surface area contributed by atoms with Gasteiger partial charge in [-0.1, -0.05) is 6.08 Å². The van der Waals surface area contributed by atoms with Gasteiger partial charge in [0, 0.05) is 26.2 Å². The van der Waals surface area contributed by atoms with E-state index in [2.05, 4.69) is 11.9 Å². The Morgan fingerprint density at radius 2 is 1.27 bits per heavy atom. The van der Waals surface area contributed by atoms with E-state index in [0.717, 1.165) is 0 Å². The molecule has 0 amide bonds. The Labute approximate surface area is 137 Å². The van der Waals surface area contributed by atoms with E-state index < -0.39 is 40.7 Å². The average molecular weight is 365 g/mol. The third kappa shape index (κ3) is 3.71. The van der Waals surface area contributed by atoms with Crippen molar-refractivity contribution in [3.63, 3.8) is 0 Å². The van der Waals surface area contributed by atoms with Gasteiger partial charge in [-0.3, -0.25) is 4.90 Å². The number of piperazine rings is 1. The van der Waals surface area contributed by atoms with E-state index in [1.54, 1.807) is 4.90 Å². The van der Waals surface area contributed by atoms with Crippen molar-refractivity contribution in [2.45, 2.75) is 6.04 Å². The number of halogens is 7. The fourth-order valence-corrected chi connectivity index (χ4v) is 2.29. The highest BCUT2D eigenvalue weighted by Crippen LogP contribution is 2.31. The summed E-state index contributed by atoms with van der Waals surface area (Å²) in [4.78, 5) is 1.61. The predicted molar refractivity (Wildman–Crippen MR) is 78.1 cm³/mol. The lowest BCUT2D eigenvalue weighted by Crippen LogP contribution is -2.45. The van der Waals surface area contributed by atoms with Gasteiger partial charge >= 0.3 is 0 Å². The third-order valence-corrected chi connectivity index (χ3v) is 3.31. The van der Waals surface area contributed by atoms with Crippen LogP contribution in [0.4, 0.5) is 22.0 Å². The zero-order valence-corrected chi connectivity index (χ0v) is 13.0. The highest BCUT2D eigenvalue weighted by molar-refractivity contribution is 5.85. The number of nitrogens with zero attached hydrogens (tertiary/aromatic N) is 1. The van der Waals surface area contributed by atoms with Gasteiger partial charge in [-0.15, -0.1) is 31.4 Å². The minimum Gasteiger partial charge on any atom is -0.314 e. The molecule has 1 aromatic carbocycles. The molecule has 126 valence electrons. The van der Waals surface area contributed by atoms with Crippen LogP contribution in [0.3, 0.4) is 0 Å². The van der Waals surface area contributed by atoms with Crippen LogP contribution in [0.25, 0.3) is 0 Å². The average Bonchev–Trinajstić information content (AvgIpc) is 2.48. The first-order valence-corrected chi connectivity index (χ1v) is 6.07. The van der Waals surface area contributed by atoms with Crippen LogP contribution >= 0.6 is 24.8 Å². The molecule has 0 unspecified atom stereocenters. The quantitative estimate of drug-likeness (QED) is 0.383. The van der Waals surface area contributed by atoms with Crippen LogP contribution in [0, 0.1) is 29.1 Å². The first kappa shape index (κ1) is 21.1. The smallest absolute Gasteiger partial charge is 0.200 e. The lowest BCUT2D eigenvalue weighted by molar-refractivity contribution is 0.193. The molecule has 0 bridgehead atoms. The van der Waals surface area contributed by atoms with Crippen molar-refractivity contribution in [2.75, 3.05) is 26.2 Å². The number of nitrogens with one attached hydrogen (secondary N) is 1. The highest BCUT2D eigenvalue weighted by Gasteiger charge is 2.32.